The van der Waals surface area contributed by atoms with Gasteiger partial charge in [0.25, 0.3) is 0 Å². The summed E-state index contributed by atoms with van der Waals surface area (Å²) in [5, 5.41) is 10.8. The van der Waals surface area contributed by atoms with Gasteiger partial charge in [0.05, 0.1) is 14.2 Å². The molecule has 1 fully saturated rings. The van der Waals surface area contributed by atoms with E-state index < -0.39 is 5.97 Å². The predicted octanol–water partition coefficient (Wildman–Crippen LogP) is 4.01. The zero-order chi connectivity index (χ0) is 25.8. The lowest BCUT2D eigenvalue weighted by Gasteiger charge is -2.36. The van der Waals surface area contributed by atoms with Crippen molar-refractivity contribution in [3.63, 3.8) is 0 Å². The van der Waals surface area contributed by atoms with Crippen LogP contribution in [0.4, 0.5) is 5.69 Å². The van der Waals surface area contributed by atoms with E-state index in [1.807, 2.05) is 49.1 Å². The lowest BCUT2D eigenvalue weighted by atomic mass is 9.94. The van der Waals surface area contributed by atoms with Crippen LogP contribution in [0, 0.1) is 6.92 Å². The molecule has 2 heterocycles. The Balaban J connectivity index is 1.32. The van der Waals surface area contributed by atoms with Crippen molar-refractivity contribution in [1.29, 1.82) is 0 Å². The van der Waals surface area contributed by atoms with Crippen LogP contribution in [-0.4, -0.2) is 62.3 Å². The molecule has 2 aromatic rings. The maximum Gasteiger partial charge on any atom is 0.342 e. The highest BCUT2D eigenvalue weighted by Gasteiger charge is 2.32. The third-order valence-corrected chi connectivity index (χ3v) is 7.11. The summed E-state index contributed by atoms with van der Waals surface area (Å²) in [5.74, 6) is 0.962. The van der Waals surface area contributed by atoms with E-state index in [1.165, 1.54) is 0 Å². The van der Waals surface area contributed by atoms with E-state index in [-0.39, 0.29) is 23.8 Å². The number of phenols is 1. The number of carbonyl (C=O) groups is 2. The Bertz CT molecular complexity index is 1160. The van der Waals surface area contributed by atoms with Crippen molar-refractivity contribution in [2.75, 3.05) is 45.3 Å². The molecule has 0 unspecified atom stereocenters. The van der Waals surface area contributed by atoms with Crippen LogP contribution in [0.1, 0.15) is 46.8 Å². The molecule has 2 aliphatic rings. The molecule has 0 atom stereocenters. The molecular weight excluding hydrogens is 460 g/mol. The van der Waals surface area contributed by atoms with E-state index in [2.05, 4.69) is 4.90 Å². The van der Waals surface area contributed by atoms with E-state index in [4.69, 9.17) is 14.2 Å². The normalized spacial score (nSPS) is 15.6. The number of carbonyl (C=O) groups excluding carboxylic acids is 2. The molecule has 8 heteroatoms. The quantitative estimate of drug-likeness (QED) is 0.438. The molecule has 0 bridgehead atoms. The molecule has 0 spiro atoms. The van der Waals surface area contributed by atoms with E-state index >= 15 is 0 Å². The highest BCUT2D eigenvalue weighted by molar-refractivity contribution is 5.98. The maximum absolute atomic E-state index is 12.8. The van der Waals surface area contributed by atoms with Crippen LogP contribution in [0.3, 0.4) is 0 Å². The van der Waals surface area contributed by atoms with Crippen LogP contribution in [-0.2, 0) is 22.6 Å². The third kappa shape index (κ3) is 5.12. The second-order valence-electron chi connectivity index (χ2n) is 9.24. The van der Waals surface area contributed by atoms with E-state index in [0.29, 0.717) is 49.2 Å². The number of hydrogen-bond donors (Lipinski definition) is 1. The molecule has 4 rings (SSSR count). The first-order valence-electron chi connectivity index (χ1n) is 12.2. The number of amides is 1. The number of nitrogens with zero attached hydrogens (tertiary/aromatic N) is 2. The van der Waals surface area contributed by atoms with Crippen LogP contribution in [0.2, 0.25) is 0 Å². The summed E-state index contributed by atoms with van der Waals surface area (Å²) >= 11 is 0. The van der Waals surface area contributed by atoms with Crippen molar-refractivity contribution in [3.8, 4) is 17.2 Å². The summed E-state index contributed by atoms with van der Waals surface area (Å²) < 4.78 is 15.9. The first kappa shape index (κ1) is 25.4. The second kappa shape index (κ2) is 10.9. The smallest absolute Gasteiger partial charge is 0.342 e. The molecule has 1 saturated heterocycles. The van der Waals surface area contributed by atoms with E-state index in [1.54, 1.807) is 14.2 Å². The zero-order valence-corrected chi connectivity index (χ0v) is 21.4. The Kier molecular flexibility index (Phi) is 7.72. The number of esters is 1. The largest absolute Gasteiger partial charge is 0.507 e. The first-order chi connectivity index (χ1) is 17.3. The average Bonchev–Trinajstić information content (AvgIpc) is 3.30. The number of rotatable bonds is 8. The minimum atomic E-state index is -0.507. The number of fused-ring (bicyclic) bond motifs is 1. The summed E-state index contributed by atoms with van der Waals surface area (Å²) in [5.41, 5.74) is 4.46. The van der Waals surface area contributed by atoms with Gasteiger partial charge in [-0.2, -0.15) is 0 Å². The van der Waals surface area contributed by atoms with Crippen LogP contribution in [0.25, 0.3) is 0 Å². The molecule has 0 radical (unpaired) electrons. The van der Waals surface area contributed by atoms with Crippen molar-refractivity contribution in [2.45, 2.75) is 39.7 Å². The van der Waals surface area contributed by atoms with Gasteiger partial charge < -0.3 is 29.1 Å². The fourth-order valence-electron chi connectivity index (χ4n) is 4.88. The minimum absolute atomic E-state index is 0.0789. The lowest BCUT2D eigenvalue weighted by molar-refractivity contribution is -0.131. The molecule has 1 amide bonds. The lowest BCUT2D eigenvalue weighted by Crippen LogP contribution is -2.48. The molecule has 36 heavy (non-hydrogen) atoms. The van der Waals surface area contributed by atoms with Gasteiger partial charge >= 0.3 is 5.97 Å². The van der Waals surface area contributed by atoms with Crippen LogP contribution in [0.5, 0.6) is 17.2 Å². The first-order valence-corrected chi connectivity index (χ1v) is 12.2. The minimum Gasteiger partial charge on any atom is -0.507 e. The van der Waals surface area contributed by atoms with Crippen molar-refractivity contribution >= 4 is 17.6 Å². The summed E-state index contributed by atoms with van der Waals surface area (Å²) in [6, 6.07) is 7.99. The molecule has 8 nitrogen and oxygen atoms in total. The van der Waals surface area contributed by atoms with E-state index in [0.717, 1.165) is 35.7 Å². The number of methoxy groups -OCH3 is 2. The Labute approximate surface area is 212 Å². The predicted molar refractivity (Wildman–Crippen MR) is 137 cm³/mol. The average molecular weight is 495 g/mol. The maximum atomic E-state index is 12.8. The standard InChI is InChI=1S/C28H34N2O6/c1-18(5-11-22-26(32)25-23(17-36-28(25)33)19(2)27(22)35-4)6-12-24(31)30-15-13-29(14-16-30)20-7-9-21(34-3)10-8-20/h5,7-10,32H,6,11-17H2,1-4H3/b18-5+. The summed E-state index contributed by atoms with van der Waals surface area (Å²) in [4.78, 5) is 29.1. The zero-order valence-electron chi connectivity index (χ0n) is 21.4. The van der Waals surface area contributed by atoms with Gasteiger partial charge in [0.15, 0.2) is 0 Å². The van der Waals surface area contributed by atoms with Crippen LogP contribution >= 0.6 is 0 Å². The van der Waals surface area contributed by atoms with Crippen LogP contribution < -0.4 is 14.4 Å². The fourth-order valence-corrected chi connectivity index (χ4v) is 4.88. The number of phenolic OH excluding ortho intramolecular Hbond substituents is 1. The molecule has 2 aromatic carbocycles. The van der Waals surface area contributed by atoms with Gasteiger partial charge in [-0.3, -0.25) is 4.79 Å². The monoisotopic (exact) mass is 494 g/mol. The number of anilines is 1. The molecule has 1 N–H and O–H groups in total. The number of aromatic hydroxyl groups is 1. The van der Waals surface area contributed by atoms with Gasteiger partial charge in [-0.25, -0.2) is 4.79 Å². The number of benzene rings is 2. The van der Waals surface area contributed by atoms with Crippen molar-refractivity contribution < 1.29 is 28.9 Å². The van der Waals surface area contributed by atoms with Gasteiger partial charge in [-0.15, -0.1) is 0 Å². The molecule has 192 valence electrons. The Morgan fingerprint density at radius 1 is 1.08 bits per heavy atom. The van der Waals surface area contributed by atoms with Gasteiger partial charge in [0.2, 0.25) is 5.91 Å². The number of hydrogen-bond acceptors (Lipinski definition) is 7. The molecule has 0 saturated carbocycles. The Hall–Kier alpha value is -3.68. The number of cyclic esters (lactones) is 1. The van der Waals surface area contributed by atoms with Gasteiger partial charge in [-0.1, -0.05) is 11.6 Å². The summed E-state index contributed by atoms with van der Waals surface area (Å²) in [6.07, 6.45) is 3.45. The molecule has 0 aliphatic carbocycles. The number of piperazine rings is 1. The topological polar surface area (TPSA) is 88.5 Å². The van der Waals surface area contributed by atoms with E-state index in [9.17, 15) is 14.7 Å². The highest BCUT2D eigenvalue weighted by atomic mass is 16.5. The van der Waals surface area contributed by atoms with Gasteiger partial charge in [0, 0.05) is 49.4 Å². The summed E-state index contributed by atoms with van der Waals surface area (Å²) in [7, 11) is 3.21. The number of ether oxygens (including phenoxy) is 3. The summed E-state index contributed by atoms with van der Waals surface area (Å²) in [6.45, 7) is 6.99. The van der Waals surface area contributed by atoms with Crippen molar-refractivity contribution in [2.24, 2.45) is 0 Å². The highest BCUT2D eigenvalue weighted by Crippen LogP contribution is 2.42. The molecular formula is C28H34N2O6. The molecule has 0 aromatic heterocycles. The number of allylic oxidation sites excluding steroid dienone is 2. The SMILES string of the molecule is COc1ccc(N2CCN(C(=O)CC/C(C)=C/Cc3c(O)c4c(c(C)c3OC)COC4=O)CC2)cc1. The van der Waals surface area contributed by atoms with Crippen molar-refractivity contribution in [3.05, 3.63) is 58.2 Å². The van der Waals surface area contributed by atoms with Gasteiger partial charge in [0.1, 0.15) is 29.4 Å². The second-order valence-corrected chi connectivity index (χ2v) is 9.24. The van der Waals surface area contributed by atoms with Crippen LogP contribution in [0.15, 0.2) is 35.9 Å². The third-order valence-electron chi connectivity index (χ3n) is 7.11. The Morgan fingerprint density at radius 3 is 2.42 bits per heavy atom. The molecule has 2 aliphatic heterocycles. The Morgan fingerprint density at radius 2 is 1.78 bits per heavy atom. The van der Waals surface area contributed by atoms with Crippen molar-refractivity contribution in [1.82, 2.24) is 4.90 Å². The van der Waals surface area contributed by atoms with Gasteiger partial charge in [-0.05, 0) is 56.5 Å². The fraction of sp³-hybridized carbons (Fsp3) is 0.429.